The molecule has 3 aromatic rings. The summed E-state index contributed by atoms with van der Waals surface area (Å²) < 4.78 is 27.7. The van der Waals surface area contributed by atoms with Gasteiger partial charge in [0.05, 0.1) is 17.5 Å². The Bertz CT molecular complexity index is 1230. The summed E-state index contributed by atoms with van der Waals surface area (Å²) in [7, 11) is 0. The molecule has 190 valence electrons. The highest BCUT2D eigenvalue weighted by Crippen LogP contribution is 2.31. The van der Waals surface area contributed by atoms with Gasteiger partial charge in [0.1, 0.15) is 11.9 Å². The van der Waals surface area contributed by atoms with E-state index in [9.17, 15) is 19.2 Å². The molecule has 1 aliphatic rings. The van der Waals surface area contributed by atoms with Gasteiger partial charge in [0.2, 0.25) is 12.4 Å². The van der Waals surface area contributed by atoms with Gasteiger partial charge in [0.15, 0.2) is 6.10 Å². The monoisotopic (exact) mass is 504 g/mol. The lowest BCUT2D eigenvalue weighted by atomic mass is 10.1. The lowest BCUT2D eigenvalue weighted by Crippen LogP contribution is -2.42. The first-order valence-electron chi connectivity index (χ1n) is 11.5. The summed E-state index contributed by atoms with van der Waals surface area (Å²) in [5.41, 5.74) is 0.460. The highest BCUT2D eigenvalue weighted by molar-refractivity contribution is 5.90. The van der Waals surface area contributed by atoms with Crippen LogP contribution in [-0.2, 0) is 28.5 Å². The Hall–Kier alpha value is -4.50. The van der Waals surface area contributed by atoms with Gasteiger partial charge in [0, 0.05) is 6.92 Å². The zero-order valence-corrected chi connectivity index (χ0v) is 19.9. The Balaban J connectivity index is 1.59. The number of rotatable bonds is 8. The minimum atomic E-state index is -1.42. The Morgan fingerprint density at radius 1 is 0.676 bits per heavy atom. The summed E-state index contributed by atoms with van der Waals surface area (Å²) in [5, 5.41) is 0. The van der Waals surface area contributed by atoms with Crippen LogP contribution in [-0.4, -0.2) is 48.5 Å². The van der Waals surface area contributed by atoms with Crippen molar-refractivity contribution in [2.24, 2.45) is 0 Å². The fraction of sp³-hybridized carbons (Fsp3) is 0.214. The Morgan fingerprint density at radius 2 is 1.16 bits per heavy atom. The van der Waals surface area contributed by atoms with Gasteiger partial charge >= 0.3 is 23.9 Å². The molecule has 0 aliphatic carbocycles. The summed E-state index contributed by atoms with van der Waals surface area (Å²) in [6.45, 7) is 1.15. The second-order valence-corrected chi connectivity index (χ2v) is 8.12. The molecule has 0 bridgehead atoms. The average Bonchev–Trinajstić information content (AvgIpc) is 3.19. The van der Waals surface area contributed by atoms with Gasteiger partial charge in [-0.05, 0) is 36.4 Å². The summed E-state index contributed by atoms with van der Waals surface area (Å²) in [5.74, 6) is -2.58. The summed E-state index contributed by atoms with van der Waals surface area (Å²) >= 11 is 0. The van der Waals surface area contributed by atoms with E-state index in [-0.39, 0.29) is 17.5 Å². The predicted octanol–water partition coefficient (Wildman–Crippen LogP) is 3.72. The normalized spacial score (nSPS) is 20.5. The fourth-order valence-electron chi connectivity index (χ4n) is 3.74. The predicted molar refractivity (Wildman–Crippen MR) is 128 cm³/mol. The number of hydrogen-bond donors (Lipinski definition) is 0. The van der Waals surface area contributed by atoms with E-state index < -0.39 is 48.5 Å². The first kappa shape index (κ1) is 25.6. The second-order valence-electron chi connectivity index (χ2n) is 8.12. The maximum atomic E-state index is 12.9. The van der Waals surface area contributed by atoms with E-state index in [1.165, 1.54) is 0 Å². The number of esters is 4. The SMILES string of the molecule is CC(=O)O[C@H]1O[C@@H](CC(=O)Oc2ccccc2)[C@H](OC(=O)c2ccccc2)[C@@H]1OC(=O)c1ccccc1. The summed E-state index contributed by atoms with van der Waals surface area (Å²) in [4.78, 5) is 50.2. The van der Waals surface area contributed by atoms with Crippen LogP contribution in [0.5, 0.6) is 5.75 Å². The number of benzene rings is 3. The first-order chi connectivity index (χ1) is 17.9. The van der Waals surface area contributed by atoms with Gasteiger partial charge in [-0.25, -0.2) is 9.59 Å². The molecule has 0 spiro atoms. The largest absolute Gasteiger partial charge is 0.452 e. The highest BCUT2D eigenvalue weighted by Gasteiger charge is 2.52. The highest BCUT2D eigenvalue weighted by atomic mass is 16.7. The van der Waals surface area contributed by atoms with Crippen LogP contribution in [0.3, 0.4) is 0 Å². The second kappa shape index (κ2) is 12.0. The minimum Gasteiger partial charge on any atom is -0.452 e. The molecule has 1 fully saturated rings. The van der Waals surface area contributed by atoms with Crippen molar-refractivity contribution in [3.8, 4) is 5.75 Å². The molecule has 9 nitrogen and oxygen atoms in total. The van der Waals surface area contributed by atoms with Crippen molar-refractivity contribution in [1.29, 1.82) is 0 Å². The maximum absolute atomic E-state index is 12.9. The zero-order chi connectivity index (χ0) is 26.2. The van der Waals surface area contributed by atoms with Crippen LogP contribution in [0.15, 0.2) is 91.0 Å². The molecule has 1 heterocycles. The lowest BCUT2D eigenvalue weighted by Gasteiger charge is -2.24. The van der Waals surface area contributed by atoms with Crippen molar-refractivity contribution in [3.63, 3.8) is 0 Å². The van der Waals surface area contributed by atoms with E-state index in [4.69, 9.17) is 23.7 Å². The van der Waals surface area contributed by atoms with Gasteiger partial charge in [0.25, 0.3) is 0 Å². The van der Waals surface area contributed by atoms with Crippen LogP contribution in [0, 0.1) is 0 Å². The fourth-order valence-corrected chi connectivity index (χ4v) is 3.74. The Morgan fingerprint density at radius 3 is 1.68 bits per heavy atom. The number of hydrogen-bond acceptors (Lipinski definition) is 9. The molecule has 0 aromatic heterocycles. The van der Waals surface area contributed by atoms with Crippen LogP contribution in [0.25, 0.3) is 0 Å². The minimum absolute atomic E-state index is 0.226. The average molecular weight is 504 g/mol. The number of carbonyl (C=O) groups excluding carboxylic acids is 4. The smallest absolute Gasteiger partial charge is 0.338 e. The molecule has 0 N–H and O–H groups in total. The molecule has 4 rings (SSSR count). The first-order valence-corrected chi connectivity index (χ1v) is 11.5. The van der Waals surface area contributed by atoms with E-state index in [1.807, 2.05) is 0 Å². The molecule has 9 heteroatoms. The van der Waals surface area contributed by atoms with E-state index in [0.717, 1.165) is 6.92 Å². The summed E-state index contributed by atoms with van der Waals surface area (Å²) in [6, 6.07) is 24.6. The molecular formula is C28H24O9. The van der Waals surface area contributed by atoms with Crippen LogP contribution in [0.4, 0.5) is 0 Å². The molecule has 37 heavy (non-hydrogen) atoms. The maximum Gasteiger partial charge on any atom is 0.338 e. The molecule has 0 amide bonds. The van der Waals surface area contributed by atoms with Crippen molar-refractivity contribution >= 4 is 23.9 Å². The quantitative estimate of drug-likeness (QED) is 0.257. The summed E-state index contributed by atoms with van der Waals surface area (Å²) in [6.07, 6.45) is -5.57. The van der Waals surface area contributed by atoms with E-state index in [2.05, 4.69) is 0 Å². The number of carbonyl (C=O) groups is 4. The van der Waals surface area contributed by atoms with E-state index >= 15 is 0 Å². The number of ether oxygens (including phenoxy) is 5. The van der Waals surface area contributed by atoms with Crippen molar-refractivity contribution in [1.82, 2.24) is 0 Å². The molecule has 1 saturated heterocycles. The molecule has 3 aromatic carbocycles. The van der Waals surface area contributed by atoms with Gasteiger partial charge in [-0.1, -0.05) is 54.6 Å². The Kier molecular flexibility index (Phi) is 8.27. The number of para-hydroxylation sites is 1. The molecule has 0 radical (unpaired) electrons. The van der Waals surface area contributed by atoms with Gasteiger partial charge in [-0.15, -0.1) is 0 Å². The molecule has 1 aliphatic heterocycles. The zero-order valence-electron chi connectivity index (χ0n) is 19.9. The molecule has 0 unspecified atom stereocenters. The van der Waals surface area contributed by atoms with Gasteiger partial charge in [-0.2, -0.15) is 0 Å². The van der Waals surface area contributed by atoms with Crippen LogP contribution in [0.2, 0.25) is 0 Å². The standard InChI is InChI=1S/C28H24O9/c1-18(29)33-28-25(37-27(32)20-13-7-3-8-14-20)24(36-26(31)19-11-5-2-6-12-19)22(35-28)17-23(30)34-21-15-9-4-10-16-21/h2-16,22,24-25,28H,17H2,1H3/t22-,24-,25-,28-/m0/s1. The lowest BCUT2D eigenvalue weighted by molar-refractivity contribution is -0.186. The van der Waals surface area contributed by atoms with Crippen molar-refractivity contribution in [2.75, 3.05) is 0 Å². The van der Waals surface area contributed by atoms with Gasteiger partial charge in [-0.3, -0.25) is 9.59 Å². The van der Waals surface area contributed by atoms with Crippen LogP contribution < -0.4 is 4.74 Å². The van der Waals surface area contributed by atoms with Gasteiger partial charge < -0.3 is 23.7 Å². The topological polar surface area (TPSA) is 114 Å². The molecule has 4 atom stereocenters. The van der Waals surface area contributed by atoms with E-state index in [0.29, 0.717) is 5.75 Å². The Labute approximate surface area is 212 Å². The third-order valence-electron chi connectivity index (χ3n) is 5.40. The third-order valence-corrected chi connectivity index (χ3v) is 5.40. The van der Waals surface area contributed by atoms with Crippen molar-refractivity contribution in [2.45, 2.75) is 37.9 Å². The molecular weight excluding hydrogens is 480 g/mol. The van der Waals surface area contributed by atoms with Crippen LogP contribution in [0.1, 0.15) is 34.1 Å². The molecule has 0 saturated carbocycles. The van der Waals surface area contributed by atoms with Crippen LogP contribution >= 0.6 is 0 Å². The van der Waals surface area contributed by atoms with Crippen molar-refractivity contribution < 1.29 is 42.9 Å². The van der Waals surface area contributed by atoms with E-state index in [1.54, 1.807) is 91.0 Å². The van der Waals surface area contributed by atoms with Crippen molar-refractivity contribution in [3.05, 3.63) is 102 Å². The third kappa shape index (κ3) is 6.80.